The van der Waals surface area contributed by atoms with Gasteiger partial charge in [-0.1, -0.05) is 85.8 Å². The van der Waals surface area contributed by atoms with Gasteiger partial charge in [0, 0.05) is 23.7 Å². The van der Waals surface area contributed by atoms with E-state index in [1.807, 2.05) is 42.5 Å². The largest absolute Gasteiger partial charge is 0.365 e. The quantitative estimate of drug-likeness (QED) is 0.371. The van der Waals surface area contributed by atoms with E-state index in [1.165, 1.54) is 5.56 Å². The summed E-state index contributed by atoms with van der Waals surface area (Å²) in [6.07, 6.45) is 1.56. The molecule has 0 amide bonds. The molecule has 1 aliphatic heterocycles. The van der Waals surface area contributed by atoms with Crippen molar-refractivity contribution in [2.45, 2.75) is 32.0 Å². The number of benzene rings is 3. The first-order valence-electron chi connectivity index (χ1n) is 10.7. The lowest BCUT2D eigenvalue weighted by Crippen LogP contribution is -2.35. The Kier molecular flexibility index (Phi) is 7.07. The van der Waals surface area contributed by atoms with Crippen LogP contribution in [0.25, 0.3) is 0 Å². The van der Waals surface area contributed by atoms with E-state index < -0.39 is 0 Å². The van der Waals surface area contributed by atoms with Gasteiger partial charge in [-0.05, 0) is 41.9 Å². The summed E-state index contributed by atoms with van der Waals surface area (Å²) in [7, 11) is 0. The van der Waals surface area contributed by atoms with Crippen LogP contribution in [0.15, 0.2) is 96.1 Å². The van der Waals surface area contributed by atoms with Crippen molar-refractivity contribution in [1.82, 2.24) is 5.43 Å². The second-order valence-electron chi connectivity index (χ2n) is 7.62. The van der Waals surface area contributed by atoms with Crippen LogP contribution in [0.2, 0.25) is 0 Å². The average Bonchev–Trinajstić information content (AvgIpc) is 2.84. The molecule has 1 saturated heterocycles. The summed E-state index contributed by atoms with van der Waals surface area (Å²) in [6, 6.07) is 30.6. The molecule has 0 bridgehead atoms. The first-order chi connectivity index (χ1) is 15.2. The van der Waals surface area contributed by atoms with E-state index in [0.717, 1.165) is 29.8 Å². The monoisotopic (exact) mass is 429 g/mol. The third kappa shape index (κ3) is 5.37. The Balaban J connectivity index is 1.58. The van der Waals surface area contributed by atoms with Gasteiger partial charge in [0.2, 0.25) is 0 Å². The Labute approximate surface area is 189 Å². The summed E-state index contributed by atoms with van der Waals surface area (Å²) >= 11 is 5.46. The van der Waals surface area contributed by atoms with Crippen molar-refractivity contribution < 1.29 is 4.74 Å². The van der Waals surface area contributed by atoms with Gasteiger partial charge >= 0.3 is 0 Å². The zero-order valence-corrected chi connectivity index (χ0v) is 18.4. The molecule has 4 nitrogen and oxygen atoms in total. The molecule has 3 aromatic carbocycles. The summed E-state index contributed by atoms with van der Waals surface area (Å²) in [5, 5.41) is 8.43. The fourth-order valence-corrected chi connectivity index (χ4v) is 4.20. The molecule has 1 aliphatic rings. The van der Waals surface area contributed by atoms with Gasteiger partial charge in [-0.15, -0.1) is 0 Å². The zero-order valence-electron chi connectivity index (χ0n) is 17.6. The predicted octanol–water partition coefficient (Wildman–Crippen LogP) is 6.26. The van der Waals surface area contributed by atoms with Crippen molar-refractivity contribution >= 4 is 28.7 Å². The lowest BCUT2D eigenvalue weighted by molar-refractivity contribution is -0.0471. The van der Waals surface area contributed by atoms with Crippen LogP contribution in [0.1, 0.15) is 43.1 Å². The lowest BCUT2D eigenvalue weighted by Gasteiger charge is -2.38. The molecule has 31 heavy (non-hydrogen) atoms. The molecule has 5 heteroatoms. The highest BCUT2D eigenvalue weighted by atomic mass is 32.1. The second kappa shape index (κ2) is 10.3. The van der Waals surface area contributed by atoms with E-state index in [0.29, 0.717) is 5.11 Å². The fourth-order valence-electron chi connectivity index (χ4n) is 4.04. The Morgan fingerprint density at radius 3 is 2.10 bits per heavy atom. The van der Waals surface area contributed by atoms with E-state index in [1.54, 1.807) is 0 Å². The molecular formula is C26H27N3OS. The van der Waals surface area contributed by atoms with Gasteiger partial charge in [0.1, 0.15) is 0 Å². The third-order valence-electron chi connectivity index (χ3n) is 5.57. The van der Waals surface area contributed by atoms with Gasteiger partial charge in [-0.25, -0.2) is 0 Å². The summed E-state index contributed by atoms with van der Waals surface area (Å²) in [5.41, 5.74) is 7.41. The van der Waals surface area contributed by atoms with E-state index in [4.69, 9.17) is 22.1 Å². The van der Waals surface area contributed by atoms with Gasteiger partial charge in [0.25, 0.3) is 0 Å². The van der Waals surface area contributed by atoms with Gasteiger partial charge in [-0.3, -0.25) is 5.43 Å². The number of rotatable bonds is 5. The van der Waals surface area contributed by atoms with Crippen molar-refractivity contribution in [1.29, 1.82) is 0 Å². The lowest BCUT2D eigenvalue weighted by atomic mass is 9.83. The number of ether oxygens (including phenoxy) is 1. The normalized spacial score (nSPS) is 22.1. The van der Waals surface area contributed by atoms with E-state index in [2.05, 4.69) is 66.2 Å². The third-order valence-corrected chi connectivity index (χ3v) is 5.76. The maximum atomic E-state index is 6.64. The average molecular weight is 430 g/mol. The zero-order chi connectivity index (χ0) is 21.5. The van der Waals surface area contributed by atoms with Crippen molar-refractivity contribution in [3.8, 4) is 0 Å². The predicted molar refractivity (Wildman–Crippen MR) is 131 cm³/mol. The van der Waals surface area contributed by atoms with Crippen molar-refractivity contribution in [3.63, 3.8) is 0 Å². The number of thiocarbonyl (C=S) groups is 1. The molecule has 3 atom stereocenters. The van der Waals surface area contributed by atoms with E-state index in [-0.39, 0.29) is 18.1 Å². The molecule has 0 aliphatic carbocycles. The number of nitrogens with zero attached hydrogens (tertiary/aromatic N) is 1. The molecule has 4 rings (SSSR count). The summed E-state index contributed by atoms with van der Waals surface area (Å²) in [5.74, 6) is 0.175. The molecule has 0 saturated carbocycles. The maximum Gasteiger partial charge on any atom is 0.191 e. The van der Waals surface area contributed by atoms with Crippen LogP contribution in [-0.4, -0.2) is 10.8 Å². The molecule has 0 spiro atoms. The Morgan fingerprint density at radius 2 is 1.48 bits per heavy atom. The molecular weight excluding hydrogens is 402 g/mol. The first-order valence-corrected chi connectivity index (χ1v) is 11.1. The number of hydrazone groups is 1. The SMILES string of the molecule is CC[C@@H]1/C(=N/NC(=S)Nc2ccccc2)C[C@H](c2ccccc2)O[C@@H]1c1ccccc1. The number of hydrogen-bond acceptors (Lipinski definition) is 3. The molecule has 1 fully saturated rings. The van der Waals surface area contributed by atoms with Crippen molar-refractivity contribution in [3.05, 3.63) is 102 Å². The minimum Gasteiger partial charge on any atom is -0.365 e. The summed E-state index contributed by atoms with van der Waals surface area (Å²) in [4.78, 5) is 0. The Morgan fingerprint density at radius 1 is 0.903 bits per heavy atom. The maximum absolute atomic E-state index is 6.64. The smallest absolute Gasteiger partial charge is 0.191 e. The van der Waals surface area contributed by atoms with Crippen LogP contribution >= 0.6 is 12.2 Å². The Bertz CT molecular complexity index is 1010. The minimum atomic E-state index is -0.0543. The van der Waals surface area contributed by atoms with Crippen LogP contribution < -0.4 is 10.7 Å². The van der Waals surface area contributed by atoms with Crippen molar-refractivity contribution in [2.75, 3.05) is 5.32 Å². The highest BCUT2D eigenvalue weighted by Gasteiger charge is 2.36. The number of nitrogens with one attached hydrogen (secondary N) is 2. The number of para-hydroxylation sites is 1. The van der Waals surface area contributed by atoms with E-state index in [9.17, 15) is 0 Å². The summed E-state index contributed by atoms with van der Waals surface area (Å²) < 4.78 is 6.64. The van der Waals surface area contributed by atoms with E-state index >= 15 is 0 Å². The first kappa shape index (κ1) is 21.2. The van der Waals surface area contributed by atoms with Gasteiger partial charge in [0.15, 0.2) is 5.11 Å². The molecule has 0 radical (unpaired) electrons. The van der Waals surface area contributed by atoms with Crippen LogP contribution in [0.4, 0.5) is 5.69 Å². The standard InChI is InChI=1S/C26H27N3OS/c1-2-22-23(28-29-26(31)27-21-16-10-5-11-17-21)18-24(19-12-6-3-7-13-19)30-25(22)20-14-8-4-9-15-20/h3-17,22,24-25H,2,18H2,1H3,(H2,27,29,31)/b28-23+/t22-,24-,25-/m1/s1. The Hall–Kier alpha value is -3.02. The van der Waals surface area contributed by atoms with Gasteiger partial charge in [-0.2, -0.15) is 5.10 Å². The molecule has 1 heterocycles. The van der Waals surface area contributed by atoms with Crippen LogP contribution in [0, 0.1) is 5.92 Å². The van der Waals surface area contributed by atoms with Crippen LogP contribution in [0.3, 0.4) is 0 Å². The number of anilines is 1. The molecule has 0 unspecified atom stereocenters. The van der Waals surface area contributed by atoms with Gasteiger partial charge < -0.3 is 10.1 Å². The molecule has 3 aromatic rings. The molecule has 0 aromatic heterocycles. The van der Waals surface area contributed by atoms with Crippen molar-refractivity contribution in [2.24, 2.45) is 11.0 Å². The number of hydrogen-bond donors (Lipinski definition) is 2. The summed E-state index contributed by atoms with van der Waals surface area (Å²) in [6.45, 7) is 2.18. The second-order valence-corrected chi connectivity index (χ2v) is 8.03. The molecule has 158 valence electrons. The van der Waals surface area contributed by atoms with Crippen LogP contribution in [-0.2, 0) is 4.74 Å². The highest BCUT2D eigenvalue weighted by molar-refractivity contribution is 7.80. The fraction of sp³-hybridized carbons (Fsp3) is 0.231. The highest BCUT2D eigenvalue weighted by Crippen LogP contribution is 2.42. The molecule has 2 N–H and O–H groups in total. The minimum absolute atomic E-state index is 0.0505. The topological polar surface area (TPSA) is 45.7 Å². The van der Waals surface area contributed by atoms with Gasteiger partial charge in [0.05, 0.1) is 12.2 Å². The van der Waals surface area contributed by atoms with Crippen LogP contribution in [0.5, 0.6) is 0 Å².